The minimum atomic E-state index is -0.460. The predicted molar refractivity (Wildman–Crippen MR) is 92.7 cm³/mol. The third kappa shape index (κ3) is 5.55. The number of nitrogens with zero attached hydrogens (tertiary/aromatic N) is 1. The number of aliphatic hydroxyl groups is 1. The number of halogens is 2. The number of aliphatic hydroxyl groups excluding tert-OH is 1. The largest absolute Gasteiger partial charge is 0.490 e. The molecular formula is C16H23Br2NO2. The van der Waals surface area contributed by atoms with Crippen molar-refractivity contribution in [3.8, 4) is 5.75 Å². The van der Waals surface area contributed by atoms with Crippen molar-refractivity contribution in [3.05, 3.63) is 27.1 Å². The van der Waals surface area contributed by atoms with Crippen molar-refractivity contribution in [1.29, 1.82) is 0 Å². The summed E-state index contributed by atoms with van der Waals surface area (Å²) in [5.41, 5.74) is 0. The normalized spacial score (nSPS) is 24.8. The van der Waals surface area contributed by atoms with E-state index < -0.39 is 6.10 Å². The molecule has 0 spiro atoms. The van der Waals surface area contributed by atoms with E-state index in [9.17, 15) is 5.11 Å². The minimum absolute atomic E-state index is 0.319. The molecule has 0 aromatic heterocycles. The average molecular weight is 421 g/mol. The molecule has 0 saturated carbocycles. The van der Waals surface area contributed by atoms with E-state index in [4.69, 9.17) is 4.74 Å². The maximum Gasteiger partial charge on any atom is 0.133 e. The minimum Gasteiger partial charge on any atom is -0.490 e. The molecule has 3 atom stereocenters. The van der Waals surface area contributed by atoms with Gasteiger partial charge in [0.2, 0.25) is 0 Å². The second-order valence-electron chi connectivity index (χ2n) is 6.20. The Hall–Kier alpha value is -0.100. The summed E-state index contributed by atoms with van der Waals surface area (Å²) in [7, 11) is 0. The van der Waals surface area contributed by atoms with Crippen molar-refractivity contribution < 1.29 is 9.84 Å². The van der Waals surface area contributed by atoms with Crippen molar-refractivity contribution in [1.82, 2.24) is 4.90 Å². The lowest BCUT2D eigenvalue weighted by Crippen LogP contribution is -2.44. The zero-order chi connectivity index (χ0) is 15.4. The molecule has 118 valence electrons. The fourth-order valence-electron chi connectivity index (χ4n) is 3.07. The molecule has 1 N–H and O–H groups in total. The molecule has 1 aromatic carbocycles. The summed E-state index contributed by atoms with van der Waals surface area (Å²) in [4.78, 5) is 2.35. The molecule has 0 amide bonds. The Balaban J connectivity index is 1.80. The second-order valence-corrected chi connectivity index (χ2v) is 7.97. The number of likely N-dealkylation sites (tertiary alicyclic amines) is 1. The van der Waals surface area contributed by atoms with E-state index in [0.29, 0.717) is 25.0 Å². The highest BCUT2D eigenvalue weighted by molar-refractivity contribution is 9.11. The molecule has 3 nitrogen and oxygen atoms in total. The Labute approximate surface area is 143 Å². The molecule has 0 radical (unpaired) electrons. The molecule has 1 aliphatic rings. The van der Waals surface area contributed by atoms with E-state index in [0.717, 1.165) is 27.8 Å². The smallest absolute Gasteiger partial charge is 0.133 e. The number of hydrogen-bond donors (Lipinski definition) is 1. The van der Waals surface area contributed by atoms with Crippen molar-refractivity contribution in [2.75, 3.05) is 26.2 Å². The van der Waals surface area contributed by atoms with E-state index in [1.54, 1.807) is 0 Å². The third-order valence-electron chi connectivity index (χ3n) is 3.74. The lowest BCUT2D eigenvalue weighted by molar-refractivity contribution is 0.0427. The fourth-order valence-corrected chi connectivity index (χ4v) is 4.23. The summed E-state index contributed by atoms with van der Waals surface area (Å²) in [5.74, 6) is 2.18. The standard InChI is InChI=1S/C16H23Br2NO2/c1-11-5-12(2)8-19(7-11)9-14(20)10-21-16-4-3-13(17)6-15(16)18/h3-4,6,11-12,14,20H,5,7-10H2,1-2H3/t11-,12+,14-/m1/s1. The zero-order valence-corrected chi connectivity index (χ0v) is 15.7. The van der Waals surface area contributed by atoms with Crippen LogP contribution in [-0.2, 0) is 0 Å². The van der Waals surface area contributed by atoms with Crippen molar-refractivity contribution >= 4 is 31.9 Å². The molecule has 0 aliphatic carbocycles. The molecule has 1 fully saturated rings. The zero-order valence-electron chi connectivity index (χ0n) is 12.6. The highest BCUT2D eigenvalue weighted by atomic mass is 79.9. The van der Waals surface area contributed by atoms with Crippen LogP contribution in [0.1, 0.15) is 20.3 Å². The molecule has 1 saturated heterocycles. The first-order chi connectivity index (χ1) is 9.94. The van der Waals surface area contributed by atoms with Crippen molar-refractivity contribution in [2.24, 2.45) is 11.8 Å². The Morgan fingerprint density at radius 2 is 1.95 bits per heavy atom. The summed E-state index contributed by atoms with van der Waals surface area (Å²) in [6, 6.07) is 5.77. The van der Waals surface area contributed by atoms with Gasteiger partial charge >= 0.3 is 0 Å². The topological polar surface area (TPSA) is 32.7 Å². The van der Waals surface area contributed by atoms with Gasteiger partial charge in [-0.15, -0.1) is 0 Å². The summed E-state index contributed by atoms with van der Waals surface area (Å²) in [6.45, 7) is 7.71. The fraction of sp³-hybridized carbons (Fsp3) is 0.625. The van der Waals surface area contributed by atoms with E-state index >= 15 is 0 Å². The van der Waals surface area contributed by atoms with Gasteiger partial charge in [0.15, 0.2) is 0 Å². The molecule has 0 bridgehead atoms. The van der Waals surface area contributed by atoms with Gasteiger partial charge in [-0.3, -0.25) is 0 Å². The highest BCUT2D eigenvalue weighted by Gasteiger charge is 2.23. The first-order valence-corrected chi connectivity index (χ1v) is 9.01. The van der Waals surface area contributed by atoms with Crippen LogP contribution in [0.15, 0.2) is 27.1 Å². The van der Waals surface area contributed by atoms with Crippen LogP contribution in [0.4, 0.5) is 0 Å². The number of piperidine rings is 1. The van der Waals surface area contributed by atoms with Gasteiger partial charge in [0.25, 0.3) is 0 Å². The monoisotopic (exact) mass is 419 g/mol. The van der Waals surface area contributed by atoms with Gasteiger partial charge in [-0.05, 0) is 52.4 Å². The Morgan fingerprint density at radius 1 is 1.29 bits per heavy atom. The second kappa shape index (κ2) is 7.95. The van der Waals surface area contributed by atoms with E-state index in [-0.39, 0.29) is 0 Å². The summed E-state index contributed by atoms with van der Waals surface area (Å²) in [6.07, 6.45) is 0.827. The van der Waals surface area contributed by atoms with Gasteiger partial charge in [0, 0.05) is 24.1 Å². The molecule has 0 unspecified atom stereocenters. The summed E-state index contributed by atoms with van der Waals surface area (Å²) in [5, 5.41) is 10.2. The maximum atomic E-state index is 10.2. The van der Waals surface area contributed by atoms with Gasteiger partial charge in [-0.1, -0.05) is 29.8 Å². The maximum absolute atomic E-state index is 10.2. The van der Waals surface area contributed by atoms with Crippen LogP contribution >= 0.6 is 31.9 Å². The van der Waals surface area contributed by atoms with Gasteiger partial charge < -0.3 is 14.7 Å². The Kier molecular flexibility index (Phi) is 6.53. The van der Waals surface area contributed by atoms with Crippen LogP contribution < -0.4 is 4.74 Å². The quantitative estimate of drug-likeness (QED) is 0.783. The molecule has 1 aromatic rings. The van der Waals surface area contributed by atoms with Crippen LogP contribution in [0.5, 0.6) is 5.75 Å². The van der Waals surface area contributed by atoms with Crippen LogP contribution in [0.25, 0.3) is 0 Å². The van der Waals surface area contributed by atoms with Crippen LogP contribution in [0.3, 0.4) is 0 Å². The van der Waals surface area contributed by atoms with Crippen LogP contribution in [-0.4, -0.2) is 42.4 Å². The molecule has 5 heteroatoms. The molecule has 2 rings (SSSR count). The lowest BCUT2D eigenvalue weighted by Gasteiger charge is -2.35. The molecule has 1 heterocycles. The van der Waals surface area contributed by atoms with Gasteiger partial charge in [0.05, 0.1) is 4.47 Å². The van der Waals surface area contributed by atoms with E-state index in [1.165, 1.54) is 6.42 Å². The first-order valence-electron chi connectivity index (χ1n) is 7.42. The average Bonchev–Trinajstić information content (AvgIpc) is 2.36. The SMILES string of the molecule is C[C@@H]1C[C@H](C)CN(C[C@@H](O)COc2ccc(Br)cc2Br)C1. The molecule has 21 heavy (non-hydrogen) atoms. The predicted octanol–water partition coefficient (Wildman–Crippen LogP) is 3.93. The van der Waals surface area contributed by atoms with Gasteiger partial charge in [-0.25, -0.2) is 0 Å². The number of β-amino-alcohol motifs (C(OH)–C–C–N with tert-alkyl or cyclic N) is 1. The van der Waals surface area contributed by atoms with Crippen molar-refractivity contribution in [2.45, 2.75) is 26.4 Å². The van der Waals surface area contributed by atoms with Gasteiger partial charge in [-0.2, -0.15) is 0 Å². The lowest BCUT2D eigenvalue weighted by atomic mass is 9.92. The molecule has 1 aliphatic heterocycles. The van der Waals surface area contributed by atoms with E-state index in [1.807, 2.05) is 18.2 Å². The van der Waals surface area contributed by atoms with Crippen molar-refractivity contribution in [3.63, 3.8) is 0 Å². The van der Waals surface area contributed by atoms with Crippen LogP contribution in [0.2, 0.25) is 0 Å². The Morgan fingerprint density at radius 3 is 2.57 bits per heavy atom. The first kappa shape index (κ1) is 17.3. The number of ether oxygens (including phenoxy) is 1. The molecular weight excluding hydrogens is 398 g/mol. The Bertz CT molecular complexity index is 460. The third-order valence-corrected chi connectivity index (χ3v) is 4.85. The summed E-state index contributed by atoms with van der Waals surface area (Å²) < 4.78 is 7.60. The highest BCUT2D eigenvalue weighted by Crippen LogP contribution is 2.28. The van der Waals surface area contributed by atoms with E-state index in [2.05, 4.69) is 50.6 Å². The number of rotatable bonds is 5. The number of hydrogen-bond acceptors (Lipinski definition) is 3. The summed E-state index contributed by atoms with van der Waals surface area (Å²) >= 11 is 6.88. The van der Waals surface area contributed by atoms with Crippen LogP contribution in [0, 0.1) is 11.8 Å². The van der Waals surface area contributed by atoms with Gasteiger partial charge in [0.1, 0.15) is 18.5 Å². The number of benzene rings is 1.